The average molecular weight is 342 g/mol. The van der Waals surface area contributed by atoms with Crippen LogP contribution in [0.1, 0.15) is 13.8 Å². The van der Waals surface area contributed by atoms with Crippen molar-refractivity contribution < 1.29 is 38.7 Å². The van der Waals surface area contributed by atoms with Crippen LogP contribution in [-0.4, -0.2) is 60.8 Å². The zero-order chi connectivity index (χ0) is 17.9. The van der Waals surface area contributed by atoms with Crippen LogP contribution in [0.25, 0.3) is 0 Å². The molecule has 0 aliphatic rings. The molecule has 1 aromatic rings. The van der Waals surface area contributed by atoms with Gasteiger partial charge >= 0.3 is 11.9 Å². The molecule has 0 unspecified atom stereocenters. The first-order valence-corrected chi connectivity index (χ1v) is 7.39. The normalized spacial score (nSPS) is 13.1. The lowest BCUT2D eigenvalue weighted by atomic mass is 10.3. The van der Waals surface area contributed by atoms with Crippen molar-refractivity contribution in [3.63, 3.8) is 0 Å². The summed E-state index contributed by atoms with van der Waals surface area (Å²) in [4.78, 5) is 20.8. The fraction of sp³-hybridized carbons (Fsp3) is 0.500. The Labute approximate surface area is 139 Å². The average Bonchev–Trinajstić information content (AvgIpc) is 2.55. The molecule has 0 aromatic heterocycles. The molecular weight excluding hydrogens is 320 g/mol. The Kier molecular flexibility index (Phi) is 8.59. The summed E-state index contributed by atoms with van der Waals surface area (Å²) >= 11 is 0. The van der Waals surface area contributed by atoms with Gasteiger partial charge in [-0.15, -0.1) is 0 Å². The highest BCUT2D eigenvalue weighted by molar-refractivity contribution is 5.68. The van der Waals surface area contributed by atoms with Crippen LogP contribution >= 0.6 is 0 Å². The predicted octanol–water partition coefficient (Wildman–Crippen LogP) is 1.42. The lowest BCUT2D eigenvalue weighted by Gasteiger charge is -2.14. The Morgan fingerprint density at radius 3 is 1.46 bits per heavy atom. The van der Waals surface area contributed by atoms with E-state index in [0.29, 0.717) is 11.5 Å². The monoisotopic (exact) mass is 342 g/mol. The number of hydrogen-bond acceptors (Lipinski definition) is 6. The fourth-order valence-electron chi connectivity index (χ4n) is 1.58. The van der Waals surface area contributed by atoms with Gasteiger partial charge in [-0.3, -0.25) is 0 Å². The molecule has 0 aliphatic heterocycles. The van der Waals surface area contributed by atoms with Gasteiger partial charge in [-0.25, -0.2) is 9.59 Å². The fourth-order valence-corrected chi connectivity index (χ4v) is 1.58. The Morgan fingerprint density at radius 2 is 1.17 bits per heavy atom. The van der Waals surface area contributed by atoms with Gasteiger partial charge in [0, 0.05) is 0 Å². The second-order valence-electron chi connectivity index (χ2n) is 5.12. The molecule has 0 fully saturated rings. The van der Waals surface area contributed by atoms with E-state index in [1.807, 2.05) is 0 Å². The van der Waals surface area contributed by atoms with Crippen molar-refractivity contribution in [3.8, 4) is 11.5 Å². The zero-order valence-corrected chi connectivity index (χ0v) is 13.6. The van der Waals surface area contributed by atoms with Gasteiger partial charge < -0.3 is 29.2 Å². The number of ether oxygens (including phenoxy) is 4. The third-order valence-corrected chi connectivity index (χ3v) is 2.78. The molecule has 0 heterocycles. The van der Waals surface area contributed by atoms with Crippen LogP contribution in [0.3, 0.4) is 0 Å². The summed E-state index contributed by atoms with van der Waals surface area (Å²) in [5.74, 6) is -0.846. The minimum Gasteiger partial charge on any atom is -0.491 e. The lowest BCUT2D eigenvalue weighted by molar-refractivity contribution is -0.145. The summed E-state index contributed by atoms with van der Waals surface area (Å²) in [6, 6.07) is 6.84. The quantitative estimate of drug-likeness (QED) is 0.587. The maximum Gasteiger partial charge on any atom is 0.329 e. The number of benzene rings is 1. The van der Waals surface area contributed by atoms with E-state index in [-0.39, 0.29) is 38.6 Å². The molecular formula is C16H22O8. The van der Waals surface area contributed by atoms with Gasteiger partial charge in [-0.2, -0.15) is 0 Å². The second-order valence-corrected chi connectivity index (χ2v) is 5.12. The SMILES string of the molecule is C[C@@H](COc1ccc(OC[C@H](C)OCC(=O)O)cc1)OCC(=O)O. The summed E-state index contributed by atoms with van der Waals surface area (Å²) in [5.41, 5.74) is 0. The number of carboxylic acid groups (broad SMARTS) is 2. The molecule has 24 heavy (non-hydrogen) atoms. The first-order valence-electron chi connectivity index (χ1n) is 7.39. The third kappa shape index (κ3) is 8.96. The van der Waals surface area contributed by atoms with E-state index in [9.17, 15) is 9.59 Å². The topological polar surface area (TPSA) is 112 Å². The van der Waals surface area contributed by atoms with Gasteiger partial charge in [-0.05, 0) is 38.1 Å². The summed E-state index contributed by atoms with van der Waals surface area (Å²) in [7, 11) is 0. The van der Waals surface area contributed by atoms with Gasteiger partial charge in [0.05, 0.1) is 12.2 Å². The van der Waals surface area contributed by atoms with E-state index < -0.39 is 11.9 Å². The molecule has 0 saturated heterocycles. The molecule has 8 heteroatoms. The first-order chi connectivity index (χ1) is 11.4. The summed E-state index contributed by atoms with van der Waals surface area (Å²) < 4.78 is 21.1. The third-order valence-electron chi connectivity index (χ3n) is 2.78. The van der Waals surface area contributed by atoms with Gasteiger partial charge in [0.25, 0.3) is 0 Å². The summed E-state index contributed by atoms with van der Waals surface area (Å²) in [6.07, 6.45) is -0.687. The summed E-state index contributed by atoms with van der Waals surface area (Å²) in [6.45, 7) is 3.18. The second kappa shape index (κ2) is 10.5. The largest absolute Gasteiger partial charge is 0.491 e. The van der Waals surface area contributed by atoms with Crippen LogP contribution in [0.2, 0.25) is 0 Å². The number of rotatable bonds is 12. The maximum absolute atomic E-state index is 10.4. The number of carbonyl (C=O) groups is 2. The van der Waals surface area contributed by atoms with Crippen LogP contribution in [-0.2, 0) is 19.1 Å². The van der Waals surface area contributed by atoms with E-state index in [0.717, 1.165) is 0 Å². The van der Waals surface area contributed by atoms with E-state index in [2.05, 4.69) is 0 Å². The van der Waals surface area contributed by atoms with Crippen molar-refractivity contribution in [3.05, 3.63) is 24.3 Å². The van der Waals surface area contributed by atoms with E-state index in [1.54, 1.807) is 38.1 Å². The molecule has 2 N–H and O–H groups in total. The van der Waals surface area contributed by atoms with E-state index in [1.165, 1.54) is 0 Å². The molecule has 0 aliphatic carbocycles. The first kappa shape index (κ1) is 19.7. The molecule has 0 bridgehead atoms. The van der Waals surface area contributed by atoms with Gasteiger partial charge in [0.2, 0.25) is 0 Å². The number of carboxylic acids is 2. The number of aliphatic carboxylic acids is 2. The van der Waals surface area contributed by atoms with Crippen molar-refractivity contribution in [1.82, 2.24) is 0 Å². The van der Waals surface area contributed by atoms with Crippen molar-refractivity contribution >= 4 is 11.9 Å². The van der Waals surface area contributed by atoms with Gasteiger partial charge in [0.15, 0.2) is 0 Å². The molecule has 0 radical (unpaired) electrons. The van der Waals surface area contributed by atoms with Crippen LogP contribution < -0.4 is 9.47 Å². The minimum absolute atomic E-state index is 0.230. The van der Waals surface area contributed by atoms with Crippen molar-refractivity contribution in [2.75, 3.05) is 26.4 Å². The molecule has 0 amide bonds. The molecule has 1 rings (SSSR count). The molecule has 2 atom stereocenters. The highest BCUT2D eigenvalue weighted by Crippen LogP contribution is 2.18. The molecule has 134 valence electrons. The molecule has 8 nitrogen and oxygen atoms in total. The molecule has 1 aromatic carbocycles. The maximum atomic E-state index is 10.4. The van der Waals surface area contributed by atoms with Gasteiger partial charge in [-0.1, -0.05) is 0 Å². The lowest BCUT2D eigenvalue weighted by Crippen LogP contribution is -2.22. The Morgan fingerprint density at radius 1 is 0.833 bits per heavy atom. The predicted molar refractivity (Wildman–Crippen MR) is 83.5 cm³/mol. The smallest absolute Gasteiger partial charge is 0.329 e. The van der Waals surface area contributed by atoms with Crippen LogP contribution in [0.4, 0.5) is 0 Å². The summed E-state index contributed by atoms with van der Waals surface area (Å²) in [5, 5.41) is 17.0. The van der Waals surface area contributed by atoms with Gasteiger partial charge in [0.1, 0.15) is 37.9 Å². The van der Waals surface area contributed by atoms with Crippen molar-refractivity contribution in [2.24, 2.45) is 0 Å². The molecule has 0 spiro atoms. The standard InChI is InChI=1S/C16H22O8/c1-11(21-9-15(17)18)7-23-13-3-5-14(6-4-13)24-8-12(2)22-10-16(19)20/h3-6,11-12H,7-10H2,1-2H3,(H,17,18)(H,19,20)/t11-,12-/m0/s1. The van der Waals surface area contributed by atoms with Crippen molar-refractivity contribution in [2.45, 2.75) is 26.1 Å². The zero-order valence-electron chi connectivity index (χ0n) is 13.6. The Balaban J connectivity index is 2.29. The van der Waals surface area contributed by atoms with E-state index >= 15 is 0 Å². The highest BCUT2D eigenvalue weighted by atomic mass is 16.5. The molecule has 0 saturated carbocycles. The number of hydrogen-bond donors (Lipinski definition) is 2. The van der Waals surface area contributed by atoms with E-state index in [4.69, 9.17) is 29.2 Å². The minimum atomic E-state index is -1.02. The highest BCUT2D eigenvalue weighted by Gasteiger charge is 2.08. The van der Waals surface area contributed by atoms with Crippen LogP contribution in [0.5, 0.6) is 11.5 Å². The Bertz CT molecular complexity index is 466. The van der Waals surface area contributed by atoms with Crippen LogP contribution in [0, 0.1) is 0 Å². The Hall–Kier alpha value is -2.32. The van der Waals surface area contributed by atoms with Crippen molar-refractivity contribution in [1.29, 1.82) is 0 Å². The van der Waals surface area contributed by atoms with Crippen LogP contribution in [0.15, 0.2) is 24.3 Å².